The van der Waals surface area contributed by atoms with Gasteiger partial charge in [0, 0.05) is 36.5 Å². The molecular weight excluding hydrogens is 376 g/mol. The number of aromatic amines is 1. The number of ether oxygens (including phenoxy) is 2. The van der Waals surface area contributed by atoms with Crippen molar-refractivity contribution in [2.24, 2.45) is 0 Å². The fourth-order valence-electron chi connectivity index (χ4n) is 3.25. The van der Waals surface area contributed by atoms with E-state index in [4.69, 9.17) is 21.7 Å². The van der Waals surface area contributed by atoms with Crippen LogP contribution in [0.15, 0.2) is 23.0 Å². The van der Waals surface area contributed by atoms with Gasteiger partial charge in [-0.25, -0.2) is 0 Å². The van der Waals surface area contributed by atoms with E-state index >= 15 is 0 Å². The number of hydrogen-bond donors (Lipinski definition) is 3. The number of H-pyrrole nitrogens is 1. The first kappa shape index (κ1) is 20.4. The van der Waals surface area contributed by atoms with Crippen molar-refractivity contribution in [1.29, 1.82) is 0 Å². The number of rotatable bonds is 7. The molecule has 1 aromatic heterocycles. The molecule has 28 heavy (non-hydrogen) atoms. The topological polar surface area (TPSA) is 71.0 Å². The summed E-state index contributed by atoms with van der Waals surface area (Å²) in [6, 6.07) is 5.67. The molecule has 0 fully saturated rings. The maximum atomic E-state index is 12.7. The third-order valence-electron chi connectivity index (χ3n) is 4.67. The van der Waals surface area contributed by atoms with Crippen LogP contribution in [0.2, 0.25) is 0 Å². The lowest BCUT2D eigenvalue weighted by atomic mass is 10.1. The lowest BCUT2D eigenvalue weighted by molar-refractivity contribution is -0.858. The van der Waals surface area contributed by atoms with E-state index in [1.165, 1.54) is 4.90 Å². The number of fused-ring (bicyclic) bond motifs is 2. The molecule has 0 aliphatic carbocycles. The normalized spacial score (nSPS) is 13.0. The standard InChI is InChI=1S/C20H28N4O3S/c1-4-21-20(28)24(7-5-6-23(2)3)13-15-10-14-11-17-18(27-9-8-26-17)12-16(14)22-19(15)25/h10-12H,4-9,13H2,1-3H3,(H,21,28)(H,22,25)/p+1. The third-order valence-corrected chi connectivity index (χ3v) is 5.07. The first-order chi connectivity index (χ1) is 13.5. The predicted octanol–water partition coefficient (Wildman–Crippen LogP) is 0.530. The molecule has 0 unspecified atom stereocenters. The van der Waals surface area contributed by atoms with Crippen molar-refractivity contribution in [2.45, 2.75) is 19.9 Å². The highest BCUT2D eigenvalue weighted by Crippen LogP contribution is 2.33. The minimum atomic E-state index is -0.105. The number of benzene rings is 1. The molecule has 1 aliphatic rings. The molecule has 0 bridgehead atoms. The van der Waals surface area contributed by atoms with Crippen molar-refractivity contribution in [1.82, 2.24) is 15.2 Å². The molecule has 1 aromatic carbocycles. The largest absolute Gasteiger partial charge is 0.486 e. The molecule has 0 saturated heterocycles. The van der Waals surface area contributed by atoms with Gasteiger partial charge in [-0.15, -0.1) is 0 Å². The second-order valence-electron chi connectivity index (χ2n) is 7.27. The summed E-state index contributed by atoms with van der Waals surface area (Å²) < 4.78 is 11.3. The molecule has 3 rings (SSSR count). The van der Waals surface area contributed by atoms with E-state index in [1.807, 2.05) is 25.1 Å². The van der Waals surface area contributed by atoms with Gasteiger partial charge < -0.3 is 29.6 Å². The Labute approximate surface area is 170 Å². The summed E-state index contributed by atoms with van der Waals surface area (Å²) in [6.07, 6.45) is 0.998. The molecule has 0 spiro atoms. The van der Waals surface area contributed by atoms with Crippen LogP contribution < -0.4 is 25.2 Å². The monoisotopic (exact) mass is 405 g/mol. The van der Waals surface area contributed by atoms with Crippen molar-refractivity contribution in [3.05, 3.63) is 34.1 Å². The Morgan fingerprint density at radius 2 is 1.96 bits per heavy atom. The van der Waals surface area contributed by atoms with E-state index in [2.05, 4.69) is 29.3 Å². The quantitative estimate of drug-likeness (QED) is 0.584. The second kappa shape index (κ2) is 9.25. The van der Waals surface area contributed by atoms with E-state index in [9.17, 15) is 4.79 Å². The number of thiocarbonyl (C=S) groups is 1. The molecular formula is C20H29N4O3S+. The van der Waals surface area contributed by atoms with Gasteiger partial charge in [0.1, 0.15) is 13.2 Å². The SMILES string of the molecule is CCNC(=S)N(CCC[NH+](C)C)Cc1cc2cc3c(cc2[nH]c1=O)OCCO3. The third kappa shape index (κ3) is 4.94. The zero-order valence-electron chi connectivity index (χ0n) is 16.8. The molecule has 3 N–H and O–H groups in total. The lowest BCUT2D eigenvalue weighted by Gasteiger charge is -2.26. The van der Waals surface area contributed by atoms with Crippen LogP contribution in [0, 0.1) is 0 Å². The molecule has 0 amide bonds. The van der Waals surface area contributed by atoms with Crippen LogP contribution in [0.25, 0.3) is 10.9 Å². The number of aromatic nitrogens is 1. The molecule has 2 aromatic rings. The van der Waals surface area contributed by atoms with Crippen molar-refractivity contribution >= 4 is 28.2 Å². The minimum Gasteiger partial charge on any atom is -0.486 e. The number of quaternary nitrogens is 1. The van der Waals surface area contributed by atoms with Crippen LogP contribution in [0.3, 0.4) is 0 Å². The average molecular weight is 406 g/mol. The van der Waals surface area contributed by atoms with Gasteiger partial charge >= 0.3 is 0 Å². The van der Waals surface area contributed by atoms with Gasteiger partial charge in [-0.05, 0) is 31.3 Å². The molecule has 0 radical (unpaired) electrons. The van der Waals surface area contributed by atoms with Crippen LogP contribution in [-0.4, -0.2) is 61.9 Å². The van der Waals surface area contributed by atoms with Crippen LogP contribution in [0.5, 0.6) is 11.5 Å². The van der Waals surface area contributed by atoms with Gasteiger partial charge in [-0.3, -0.25) is 4.79 Å². The smallest absolute Gasteiger partial charge is 0.253 e. The number of nitrogens with one attached hydrogen (secondary N) is 3. The van der Waals surface area contributed by atoms with E-state index in [-0.39, 0.29) is 5.56 Å². The number of pyridine rings is 1. The summed E-state index contributed by atoms with van der Waals surface area (Å²) in [7, 11) is 4.26. The van der Waals surface area contributed by atoms with Crippen LogP contribution in [-0.2, 0) is 6.54 Å². The lowest BCUT2D eigenvalue weighted by Crippen LogP contribution is -3.05. The van der Waals surface area contributed by atoms with Crippen molar-refractivity contribution < 1.29 is 14.4 Å². The first-order valence-corrected chi connectivity index (χ1v) is 10.2. The summed E-state index contributed by atoms with van der Waals surface area (Å²) in [5.41, 5.74) is 1.32. The van der Waals surface area contributed by atoms with Crippen LogP contribution in [0.1, 0.15) is 18.9 Å². The molecule has 0 saturated carbocycles. The van der Waals surface area contributed by atoms with Gasteiger partial charge in [0.05, 0.1) is 32.7 Å². The molecule has 2 heterocycles. The van der Waals surface area contributed by atoms with E-state index in [0.29, 0.717) is 41.9 Å². The molecule has 0 atom stereocenters. The Morgan fingerprint density at radius 3 is 2.64 bits per heavy atom. The fourth-order valence-corrected chi connectivity index (χ4v) is 3.55. The van der Waals surface area contributed by atoms with Gasteiger partial charge in [0.15, 0.2) is 16.6 Å². The zero-order chi connectivity index (χ0) is 20.1. The molecule has 7 nitrogen and oxygen atoms in total. The fraction of sp³-hybridized carbons (Fsp3) is 0.500. The van der Waals surface area contributed by atoms with Crippen LogP contribution >= 0.6 is 12.2 Å². The van der Waals surface area contributed by atoms with Crippen molar-refractivity contribution in [3.63, 3.8) is 0 Å². The Bertz CT molecular complexity index is 897. The summed E-state index contributed by atoms with van der Waals surface area (Å²) in [4.78, 5) is 19.1. The van der Waals surface area contributed by atoms with E-state index in [0.717, 1.165) is 37.0 Å². The van der Waals surface area contributed by atoms with Gasteiger partial charge in [0.2, 0.25) is 0 Å². The van der Waals surface area contributed by atoms with E-state index < -0.39 is 0 Å². The zero-order valence-corrected chi connectivity index (χ0v) is 17.6. The Hall–Kier alpha value is -2.32. The van der Waals surface area contributed by atoms with Gasteiger partial charge in [-0.1, -0.05) is 0 Å². The molecule has 152 valence electrons. The maximum Gasteiger partial charge on any atom is 0.253 e. The van der Waals surface area contributed by atoms with Crippen molar-refractivity contribution in [3.8, 4) is 11.5 Å². The van der Waals surface area contributed by atoms with Gasteiger partial charge in [0.25, 0.3) is 5.56 Å². The van der Waals surface area contributed by atoms with Gasteiger partial charge in [-0.2, -0.15) is 0 Å². The summed E-state index contributed by atoms with van der Waals surface area (Å²) in [5, 5.41) is 4.80. The highest BCUT2D eigenvalue weighted by Gasteiger charge is 2.16. The van der Waals surface area contributed by atoms with Crippen LogP contribution in [0.4, 0.5) is 0 Å². The summed E-state index contributed by atoms with van der Waals surface area (Å²) in [6.45, 7) is 6.14. The first-order valence-electron chi connectivity index (χ1n) is 9.75. The molecule has 8 heteroatoms. The Morgan fingerprint density at radius 1 is 1.25 bits per heavy atom. The average Bonchev–Trinajstić information content (AvgIpc) is 2.66. The maximum absolute atomic E-state index is 12.7. The second-order valence-corrected chi connectivity index (χ2v) is 7.66. The molecule has 1 aliphatic heterocycles. The Kier molecular flexibility index (Phi) is 6.74. The minimum absolute atomic E-state index is 0.105. The predicted molar refractivity (Wildman–Crippen MR) is 115 cm³/mol. The number of hydrogen-bond acceptors (Lipinski definition) is 4. The summed E-state index contributed by atoms with van der Waals surface area (Å²) >= 11 is 5.53. The van der Waals surface area contributed by atoms with E-state index in [1.54, 1.807) is 0 Å². The highest BCUT2D eigenvalue weighted by atomic mass is 32.1. The van der Waals surface area contributed by atoms with Crippen molar-refractivity contribution in [2.75, 3.05) is 46.9 Å². The number of nitrogens with zero attached hydrogens (tertiary/aromatic N) is 1. The Balaban J connectivity index is 1.85. The highest BCUT2D eigenvalue weighted by molar-refractivity contribution is 7.80. The summed E-state index contributed by atoms with van der Waals surface area (Å²) in [5.74, 6) is 1.38.